The van der Waals surface area contributed by atoms with Gasteiger partial charge in [-0.3, -0.25) is 0 Å². The van der Waals surface area contributed by atoms with Gasteiger partial charge in [0, 0.05) is 17.7 Å². The number of ether oxygens (including phenoxy) is 4. The fraction of sp³-hybridized carbons (Fsp3) is 0.240. The third-order valence-electron chi connectivity index (χ3n) is 4.79. The highest BCUT2D eigenvalue weighted by Gasteiger charge is 2.16. The number of aromatic hydroxyl groups is 4. The largest absolute Gasteiger partial charge is 0.508 e. The predicted molar refractivity (Wildman–Crippen MR) is 126 cm³/mol. The number of carboxylic acids is 1. The Balaban J connectivity index is 0.000000193. The number of phenols is 4. The van der Waals surface area contributed by atoms with Gasteiger partial charge in [-0.15, -0.1) is 0 Å². The highest BCUT2D eigenvalue weighted by atomic mass is 16.5. The quantitative estimate of drug-likeness (QED) is 0.341. The van der Waals surface area contributed by atoms with E-state index in [-0.39, 0.29) is 28.6 Å². The summed E-state index contributed by atoms with van der Waals surface area (Å²) in [5.74, 6) is 0.624. The van der Waals surface area contributed by atoms with Crippen molar-refractivity contribution < 1.29 is 49.3 Å². The predicted octanol–water partition coefficient (Wildman–Crippen LogP) is 3.93. The van der Waals surface area contributed by atoms with Crippen molar-refractivity contribution in [3.8, 4) is 46.0 Å². The van der Waals surface area contributed by atoms with Crippen molar-refractivity contribution in [1.29, 1.82) is 0 Å². The van der Waals surface area contributed by atoms with Crippen LogP contribution >= 0.6 is 0 Å². The van der Waals surface area contributed by atoms with Crippen LogP contribution in [0.3, 0.4) is 0 Å². The average molecular weight is 488 g/mol. The summed E-state index contributed by atoms with van der Waals surface area (Å²) in [5, 5.41) is 44.7. The number of para-hydroxylation sites is 2. The van der Waals surface area contributed by atoms with Gasteiger partial charge < -0.3 is 44.5 Å². The molecular weight excluding hydrogens is 460 g/mol. The molecule has 0 atom stereocenters. The summed E-state index contributed by atoms with van der Waals surface area (Å²) in [6.45, 7) is 0.663. The highest BCUT2D eigenvalue weighted by Crippen LogP contribution is 2.38. The van der Waals surface area contributed by atoms with Gasteiger partial charge >= 0.3 is 5.97 Å². The number of carbonyl (C=O) groups is 1. The second-order valence-corrected chi connectivity index (χ2v) is 7.10. The minimum atomic E-state index is -1.05. The van der Waals surface area contributed by atoms with E-state index in [0.717, 1.165) is 18.4 Å². The molecule has 0 aromatic heterocycles. The summed E-state index contributed by atoms with van der Waals surface area (Å²) in [4.78, 5) is 10.8. The number of fused-ring (bicyclic) bond motifs is 1. The molecule has 3 aromatic rings. The minimum Gasteiger partial charge on any atom is -0.508 e. The summed E-state index contributed by atoms with van der Waals surface area (Å²) in [7, 11) is 4.33. The van der Waals surface area contributed by atoms with Crippen LogP contribution in [0.4, 0.5) is 0 Å². The highest BCUT2D eigenvalue weighted by molar-refractivity contribution is 5.89. The van der Waals surface area contributed by atoms with Crippen LogP contribution in [0.25, 0.3) is 0 Å². The maximum Gasteiger partial charge on any atom is 0.335 e. The summed E-state index contributed by atoms with van der Waals surface area (Å²) in [5.41, 5.74) is 0.892. The van der Waals surface area contributed by atoms with Crippen molar-refractivity contribution in [2.24, 2.45) is 0 Å². The van der Waals surface area contributed by atoms with Crippen LogP contribution in [0, 0.1) is 0 Å². The molecule has 0 amide bonds. The lowest BCUT2D eigenvalue weighted by atomic mass is 10.1. The third kappa shape index (κ3) is 7.26. The Labute approximate surface area is 202 Å². The lowest BCUT2D eigenvalue weighted by Gasteiger charge is -2.17. The number of carboxylic acid groups (broad SMARTS) is 1. The van der Waals surface area contributed by atoms with E-state index >= 15 is 0 Å². The molecule has 0 saturated heterocycles. The lowest BCUT2D eigenvalue weighted by molar-refractivity contribution is 0.0696. The van der Waals surface area contributed by atoms with Crippen LogP contribution in [0.1, 0.15) is 22.3 Å². The molecule has 0 fully saturated rings. The molecule has 0 spiro atoms. The number of hydrogen-bond donors (Lipinski definition) is 5. The molecule has 0 unspecified atom stereocenters. The molecule has 0 aliphatic carbocycles. The smallest absolute Gasteiger partial charge is 0.335 e. The van der Waals surface area contributed by atoms with Gasteiger partial charge in [-0.1, -0.05) is 12.1 Å². The van der Waals surface area contributed by atoms with Crippen LogP contribution in [-0.2, 0) is 6.42 Å². The Morgan fingerprint density at radius 2 is 1.40 bits per heavy atom. The fourth-order valence-corrected chi connectivity index (χ4v) is 3.10. The molecule has 1 aliphatic heterocycles. The van der Waals surface area contributed by atoms with Gasteiger partial charge in [0.05, 0.1) is 33.5 Å². The van der Waals surface area contributed by atoms with Crippen molar-refractivity contribution in [2.75, 3.05) is 27.9 Å². The molecule has 0 saturated carbocycles. The monoisotopic (exact) mass is 488 g/mol. The fourth-order valence-electron chi connectivity index (χ4n) is 3.10. The average Bonchev–Trinajstić information content (AvgIpc) is 2.85. The molecule has 1 heterocycles. The number of rotatable bonds is 4. The van der Waals surface area contributed by atoms with E-state index in [1.54, 1.807) is 12.1 Å². The zero-order chi connectivity index (χ0) is 26.0. The maximum absolute atomic E-state index is 10.8. The topological polar surface area (TPSA) is 155 Å². The maximum atomic E-state index is 10.8. The molecule has 4 rings (SSSR count). The SMILES string of the molecule is COc1cc(C(=O)O)cc(OC)c1OC.Oc1cc(O)c2c(c1)OCCC2.Oc1ccccc1O. The summed E-state index contributed by atoms with van der Waals surface area (Å²) in [6, 6.07) is 11.8. The number of benzene rings is 3. The van der Waals surface area contributed by atoms with Crippen molar-refractivity contribution in [2.45, 2.75) is 12.8 Å². The van der Waals surface area contributed by atoms with Gasteiger partial charge in [0.1, 0.15) is 17.2 Å². The van der Waals surface area contributed by atoms with E-state index in [1.165, 1.54) is 57.7 Å². The number of hydrogen-bond acceptors (Lipinski definition) is 9. The van der Waals surface area contributed by atoms with E-state index in [0.29, 0.717) is 29.6 Å². The van der Waals surface area contributed by atoms with Crippen molar-refractivity contribution in [3.63, 3.8) is 0 Å². The second kappa shape index (κ2) is 12.7. The van der Waals surface area contributed by atoms with Gasteiger partial charge in [-0.05, 0) is 37.1 Å². The zero-order valence-corrected chi connectivity index (χ0v) is 19.5. The zero-order valence-electron chi connectivity index (χ0n) is 19.5. The van der Waals surface area contributed by atoms with E-state index < -0.39 is 5.97 Å². The number of methoxy groups -OCH3 is 3. The van der Waals surface area contributed by atoms with E-state index in [9.17, 15) is 9.90 Å². The molecule has 1 aliphatic rings. The first-order valence-electron chi connectivity index (χ1n) is 10.4. The number of phenolic OH excluding ortho intramolecular Hbond substituents is 4. The third-order valence-corrected chi connectivity index (χ3v) is 4.79. The molecule has 0 bridgehead atoms. The first-order chi connectivity index (χ1) is 16.7. The van der Waals surface area contributed by atoms with E-state index in [2.05, 4.69) is 0 Å². The van der Waals surface area contributed by atoms with Crippen LogP contribution in [-0.4, -0.2) is 59.4 Å². The van der Waals surface area contributed by atoms with Gasteiger partial charge in [0.25, 0.3) is 0 Å². The van der Waals surface area contributed by atoms with Crippen molar-refractivity contribution in [1.82, 2.24) is 0 Å². The van der Waals surface area contributed by atoms with Gasteiger partial charge in [0.2, 0.25) is 5.75 Å². The Morgan fingerprint density at radius 3 is 1.86 bits per heavy atom. The molecule has 3 aromatic carbocycles. The Morgan fingerprint density at radius 1 is 0.829 bits per heavy atom. The summed E-state index contributed by atoms with van der Waals surface area (Å²) in [6.07, 6.45) is 1.74. The van der Waals surface area contributed by atoms with Gasteiger partial charge in [-0.2, -0.15) is 0 Å². The molecular formula is C25H28O10. The Hall–Kier alpha value is -4.47. The van der Waals surface area contributed by atoms with Crippen LogP contribution in [0.2, 0.25) is 0 Å². The van der Waals surface area contributed by atoms with Crippen LogP contribution in [0.5, 0.6) is 46.0 Å². The molecule has 10 nitrogen and oxygen atoms in total. The van der Waals surface area contributed by atoms with Crippen molar-refractivity contribution in [3.05, 3.63) is 59.7 Å². The lowest BCUT2D eigenvalue weighted by Crippen LogP contribution is -2.07. The molecule has 5 N–H and O–H groups in total. The Bertz CT molecular complexity index is 1100. The first-order valence-corrected chi connectivity index (χ1v) is 10.4. The molecule has 188 valence electrons. The Kier molecular flexibility index (Phi) is 9.71. The van der Waals surface area contributed by atoms with E-state index in [1.807, 2.05) is 0 Å². The molecule has 35 heavy (non-hydrogen) atoms. The van der Waals surface area contributed by atoms with Gasteiger partial charge in [0.15, 0.2) is 23.0 Å². The van der Waals surface area contributed by atoms with Gasteiger partial charge in [-0.25, -0.2) is 4.79 Å². The minimum absolute atomic E-state index is 0.0492. The van der Waals surface area contributed by atoms with Crippen LogP contribution < -0.4 is 18.9 Å². The molecule has 10 heteroatoms. The van der Waals surface area contributed by atoms with Crippen molar-refractivity contribution >= 4 is 5.97 Å². The summed E-state index contributed by atoms with van der Waals surface area (Å²) < 4.78 is 20.3. The molecule has 0 radical (unpaired) electrons. The van der Waals surface area contributed by atoms with E-state index in [4.69, 9.17) is 39.4 Å². The van der Waals surface area contributed by atoms with Crippen LogP contribution in [0.15, 0.2) is 48.5 Å². The summed E-state index contributed by atoms with van der Waals surface area (Å²) >= 11 is 0. The standard InChI is InChI=1S/C10H12O5.C9H10O3.C6H6O2/c1-13-7-4-6(10(11)12)5-8(14-2)9(7)15-3;10-6-4-8(11)7-2-1-3-12-9(7)5-6;7-5-3-1-2-4-6(5)8/h4-5H,1-3H3,(H,11,12);4-5,10-11H,1-3H2;1-4,7-8H. The number of aromatic carboxylic acids is 1. The second-order valence-electron chi connectivity index (χ2n) is 7.10. The normalized spacial score (nSPS) is 11.3. The first kappa shape index (κ1) is 26.8.